The van der Waals surface area contributed by atoms with Gasteiger partial charge < -0.3 is 19.4 Å². The van der Waals surface area contributed by atoms with Crippen LogP contribution in [0.25, 0.3) is 17.0 Å². The van der Waals surface area contributed by atoms with E-state index in [1.54, 1.807) is 11.0 Å². The van der Waals surface area contributed by atoms with Crippen LogP contribution < -0.4 is 4.74 Å². The molecule has 1 amide bonds. The summed E-state index contributed by atoms with van der Waals surface area (Å²) in [6.07, 6.45) is 10.6. The van der Waals surface area contributed by atoms with Crippen LogP contribution in [0.4, 0.5) is 0 Å². The van der Waals surface area contributed by atoms with Gasteiger partial charge in [-0.2, -0.15) is 0 Å². The Labute approximate surface area is 169 Å². The summed E-state index contributed by atoms with van der Waals surface area (Å²) in [5.74, 6) is 3.26. The molecule has 1 N–H and O–H groups in total. The molecule has 0 radical (unpaired) electrons. The van der Waals surface area contributed by atoms with Crippen molar-refractivity contribution in [3.05, 3.63) is 71.9 Å². The van der Waals surface area contributed by atoms with E-state index in [4.69, 9.17) is 15.9 Å². The average Bonchev–Trinajstić information content (AvgIpc) is 3.19. The molecular formula is C24H22N2O3. The Bertz CT molecular complexity index is 1080. The summed E-state index contributed by atoms with van der Waals surface area (Å²) in [4.78, 5) is 17.6. The van der Waals surface area contributed by atoms with Crippen molar-refractivity contribution >= 4 is 22.9 Å². The summed E-state index contributed by atoms with van der Waals surface area (Å²) in [5, 5.41) is 1.10. The number of rotatable bonds is 5. The van der Waals surface area contributed by atoms with Gasteiger partial charge in [-0.05, 0) is 35.9 Å². The molecule has 0 aliphatic carbocycles. The predicted octanol–water partition coefficient (Wildman–Crippen LogP) is 3.47. The standard InChI is InChI=1S/C24H22N2O3/c1-2-18-6-5-7-20(14-18)29-17-21-16-26(12-13-28-21)24(27)11-10-19-15-25-23-9-4-3-8-22(19)23/h1,3-11,14-15,21,25H,12-13,16-17H2/b11-10+. The monoisotopic (exact) mass is 386 g/mol. The van der Waals surface area contributed by atoms with Crippen LogP contribution in [-0.2, 0) is 9.53 Å². The number of aromatic nitrogens is 1. The first-order valence-electron chi connectivity index (χ1n) is 9.57. The third-order valence-corrected chi connectivity index (χ3v) is 4.91. The lowest BCUT2D eigenvalue weighted by atomic mass is 10.1. The van der Waals surface area contributed by atoms with E-state index >= 15 is 0 Å². The number of morpholine rings is 1. The van der Waals surface area contributed by atoms with E-state index < -0.39 is 0 Å². The van der Waals surface area contributed by atoms with Crippen molar-refractivity contribution < 1.29 is 14.3 Å². The molecule has 1 atom stereocenters. The van der Waals surface area contributed by atoms with Crippen molar-refractivity contribution in [2.45, 2.75) is 6.10 Å². The zero-order chi connectivity index (χ0) is 20.1. The van der Waals surface area contributed by atoms with Gasteiger partial charge in [0.25, 0.3) is 0 Å². The van der Waals surface area contributed by atoms with E-state index in [-0.39, 0.29) is 12.0 Å². The van der Waals surface area contributed by atoms with E-state index in [1.807, 2.05) is 60.8 Å². The number of fused-ring (bicyclic) bond motifs is 1. The third kappa shape index (κ3) is 4.50. The summed E-state index contributed by atoms with van der Waals surface area (Å²) in [6, 6.07) is 15.4. The first kappa shape index (κ1) is 18.9. The quantitative estimate of drug-likeness (QED) is 0.540. The van der Waals surface area contributed by atoms with Gasteiger partial charge in [-0.3, -0.25) is 4.79 Å². The predicted molar refractivity (Wildman–Crippen MR) is 114 cm³/mol. The molecule has 1 aromatic heterocycles. The Morgan fingerprint density at radius 1 is 1.31 bits per heavy atom. The van der Waals surface area contributed by atoms with Gasteiger partial charge in [0.2, 0.25) is 5.91 Å². The highest BCUT2D eigenvalue weighted by Gasteiger charge is 2.23. The topological polar surface area (TPSA) is 54.6 Å². The molecule has 29 heavy (non-hydrogen) atoms. The number of hydrogen-bond acceptors (Lipinski definition) is 3. The smallest absolute Gasteiger partial charge is 0.246 e. The van der Waals surface area contributed by atoms with Crippen molar-refractivity contribution in [2.24, 2.45) is 0 Å². The van der Waals surface area contributed by atoms with Crippen molar-refractivity contribution in [1.29, 1.82) is 0 Å². The molecule has 1 aliphatic heterocycles. The van der Waals surface area contributed by atoms with Crippen molar-refractivity contribution in [3.63, 3.8) is 0 Å². The molecule has 0 spiro atoms. The minimum absolute atomic E-state index is 0.0297. The molecular weight excluding hydrogens is 364 g/mol. The Morgan fingerprint density at radius 2 is 2.21 bits per heavy atom. The highest BCUT2D eigenvalue weighted by Crippen LogP contribution is 2.19. The maximum absolute atomic E-state index is 12.6. The summed E-state index contributed by atoms with van der Waals surface area (Å²) >= 11 is 0. The highest BCUT2D eigenvalue weighted by atomic mass is 16.5. The van der Waals surface area contributed by atoms with Crippen LogP contribution in [0.1, 0.15) is 11.1 Å². The first-order valence-corrected chi connectivity index (χ1v) is 9.57. The number of nitrogens with zero attached hydrogens (tertiary/aromatic N) is 1. The molecule has 146 valence electrons. The number of aromatic amines is 1. The second-order valence-corrected chi connectivity index (χ2v) is 6.88. The molecule has 2 heterocycles. The van der Waals surface area contributed by atoms with Gasteiger partial charge in [-0.1, -0.05) is 30.2 Å². The molecule has 5 nitrogen and oxygen atoms in total. The van der Waals surface area contributed by atoms with Crippen LogP contribution in [0.15, 0.2) is 60.8 Å². The molecule has 0 saturated carbocycles. The SMILES string of the molecule is C#Cc1cccc(OCC2CN(C(=O)/C=C/c3c[nH]c4ccccc34)CCO2)c1. The number of ether oxygens (including phenoxy) is 2. The first-order chi connectivity index (χ1) is 14.2. The van der Waals surface area contributed by atoms with Crippen LogP contribution in [-0.4, -0.2) is 48.2 Å². The Kier molecular flexibility index (Phi) is 5.64. The third-order valence-electron chi connectivity index (χ3n) is 4.91. The van der Waals surface area contributed by atoms with Crippen LogP contribution in [0.5, 0.6) is 5.75 Å². The van der Waals surface area contributed by atoms with Crippen LogP contribution >= 0.6 is 0 Å². The van der Waals surface area contributed by atoms with Gasteiger partial charge in [0.05, 0.1) is 13.2 Å². The number of H-pyrrole nitrogens is 1. The number of benzene rings is 2. The van der Waals surface area contributed by atoms with Crippen LogP contribution in [0.2, 0.25) is 0 Å². The van der Waals surface area contributed by atoms with Gasteiger partial charge in [0.1, 0.15) is 18.5 Å². The molecule has 5 heteroatoms. The fourth-order valence-corrected chi connectivity index (χ4v) is 3.38. The largest absolute Gasteiger partial charge is 0.491 e. The van der Waals surface area contributed by atoms with E-state index in [1.165, 1.54) is 0 Å². The summed E-state index contributed by atoms with van der Waals surface area (Å²) in [5.41, 5.74) is 2.82. The van der Waals surface area contributed by atoms with Gasteiger partial charge in [0.15, 0.2) is 0 Å². The average molecular weight is 386 g/mol. The number of terminal acetylenes is 1. The molecule has 1 aliphatic rings. The Balaban J connectivity index is 1.35. The van der Waals surface area contributed by atoms with Gasteiger partial charge in [-0.25, -0.2) is 0 Å². The minimum atomic E-state index is -0.177. The number of nitrogens with one attached hydrogen (secondary N) is 1. The lowest BCUT2D eigenvalue weighted by molar-refractivity contribution is -0.134. The van der Waals surface area contributed by atoms with E-state index in [9.17, 15) is 4.79 Å². The lowest BCUT2D eigenvalue weighted by Crippen LogP contribution is -2.47. The number of hydrogen-bond donors (Lipinski definition) is 1. The van der Waals surface area contributed by atoms with E-state index in [0.29, 0.717) is 32.1 Å². The van der Waals surface area contributed by atoms with Gasteiger partial charge in [0, 0.05) is 35.3 Å². The normalized spacial score (nSPS) is 16.8. The summed E-state index contributed by atoms with van der Waals surface area (Å²) in [6.45, 7) is 1.92. The van der Waals surface area contributed by atoms with Crippen molar-refractivity contribution in [1.82, 2.24) is 9.88 Å². The van der Waals surface area contributed by atoms with Crippen molar-refractivity contribution in [2.75, 3.05) is 26.3 Å². The minimum Gasteiger partial charge on any atom is -0.491 e. The number of para-hydroxylation sites is 1. The van der Waals surface area contributed by atoms with Crippen molar-refractivity contribution in [3.8, 4) is 18.1 Å². The zero-order valence-electron chi connectivity index (χ0n) is 16.0. The second-order valence-electron chi connectivity index (χ2n) is 6.88. The summed E-state index contributed by atoms with van der Waals surface area (Å²) < 4.78 is 11.6. The molecule has 1 fully saturated rings. The van der Waals surface area contributed by atoms with Crippen LogP contribution in [0.3, 0.4) is 0 Å². The number of amides is 1. The van der Waals surface area contributed by atoms with E-state index in [2.05, 4.69) is 10.9 Å². The van der Waals surface area contributed by atoms with Gasteiger partial charge in [-0.15, -0.1) is 6.42 Å². The Hall–Kier alpha value is -3.49. The molecule has 0 bridgehead atoms. The Morgan fingerprint density at radius 3 is 3.10 bits per heavy atom. The second kappa shape index (κ2) is 8.68. The fraction of sp³-hybridized carbons (Fsp3) is 0.208. The van der Waals surface area contributed by atoms with E-state index in [0.717, 1.165) is 22.0 Å². The molecule has 2 aromatic carbocycles. The maximum Gasteiger partial charge on any atom is 0.246 e. The molecule has 1 saturated heterocycles. The van der Waals surface area contributed by atoms with Gasteiger partial charge >= 0.3 is 0 Å². The molecule has 3 aromatic rings. The number of carbonyl (C=O) groups excluding carboxylic acids is 1. The maximum atomic E-state index is 12.6. The molecule has 4 rings (SSSR count). The zero-order valence-corrected chi connectivity index (χ0v) is 16.0. The van der Waals surface area contributed by atoms with Crippen LogP contribution in [0, 0.1) is 12.3 Å². The fourth-order valence-electron chi connectivity index (χ4n) is 3.38. The summed E-state index contributed by atoms with van der Waals surface area (Å²) in [7, 11) is 0. The highest BCUT2D eigenvalue weighted by molar-refractivity contribution is 5.96. The molecule has 1 unspecified atom stereocenters. The lowest BCUT2D eigenvalue weighted by Gasteiger charge is -2.32. The number of carbonyl (C=O) groups is 1.